The lowest BCUT2D eigenvalue weighted by Crippen LogP contribution is -2.54. The second-order valence-electron chi connectivity index (χ2n) is 12.6. The molecule has 3 heteroatoms. The van der Waals surface area contributed by atoms with Crippen LogP contribution in [0.5, 0.6) is 0 Å². The van der Waals surface area contributed by atoms with Crippen molar-refractivity contribution in [3.05, 3.63) is 35.6 Å². The first-order valence-corrected chi connectivity index (χ1v) is 15.5. The maximum Gasteiger partial charge on any atom is 0.251 e. The highest BCUT2D eigenvalue weighted by molar-refractivity contribution is 5.94. The fraction of sp³-hybridized carbons (Fsp3) is 0.788. The minimum atomic E-state index is -0.292. The summed E-state index contributed by atoms with van der Waals surface area (Å²) in [6, 6.07) is 5.94. The van der Waals surface area contributed by atoms with E-state index >= 15 is 0 Å². The molecule has 0 bridgehead atoms. The molecule has 1 aromatic carbocycles. The van der Waals surface area contributed by atoms with Crippen molar-refractivity contribution in [1.29, 1.82) is 0 Å². The van der Waals surface area contributed by atoms with Gasteiger partial charge in [0.05, 0.1) is 0 Å². The third kappa shape index (κ3) is 5.70. The molecule has 8 unspecified atom stereocenters. The summed E-state index contributed by atoms with van der Waals surface area (Å²) >= 11 is 0. The average molecular weight is 498 g/mol. The van der Waals surface area contributed by atoms with Crippen LogP contribution in [0.3, 0.4) is 0 Å². The highest BCUT2D eigenvalue weighted by atomic mass is 19.1. The van der Waals surface area contributed by atoms with Crippen LogP contribution in [0.1, 0.15) is 122 Å². The zero-order valence-electron chi connectivity index (χ0n) is 23.5. The highest BCUT2D eigenvalue weighted by Gasteiger charge is 2.55. The Labute approximate surface area is 220 Å². The van der Waals surface area contributed by atoms with Gasteiger partial charge in [0.1, 0.15) is 5.82 Å². The highest BCUT2D eigenvalue weighted by Crippen LogP contribution is 2.63. The lowest BCUT2D eigenvalue weighted by Gasteiger charge is -2.60. The summed E-state index contributed by atoms with van der Waals surface area (Å²) in [5.41, 5.74) is 0.927. The Kier molecular flexibility index (Phi) is 9.56. The van der Waals surface area contributed by atoms with Gasteiger partial charge in [-0.15, -0.1) is 0 Å². The number of carbonyl (C=O) groups excluding carboxylic acids is 1. The normalized spacial score (nSPS) is 37.4. The van der Waals surface area contributed by atoms with Crippen LogP contribution in [0.15, 0.2) is 24.3 Å². The van der Waals surface area contributed by atoms with Gasteiger partial charge in [-0.1, -0.05) is 59.8 Å². The summed E-state index contributed by atoms with van der Waals surface area (Å²) in [5, 5.41) is 3.22. The lowest BCUT2D eigenvalue weighted by atomic mass is 9.45. The number of amides is 1. The number of fused-ring (bicyclic) bond motifs is 5. The summed E-state index contributed by atoms with van der Waals surface area (Å²) < 4.78 is 13.2. The largest absolute Gasteiger partial charge is 0.352 e. The van der Waals surface area contributed by atoms with Crippen molar-refractivity contribution in [3.8, 4) is 0 Å². The Hall–Kier alpha value is -1.38. The fourth-order valence-electron chi connectivity index (χ4n) is 9.27. The van der Waals surface area contributed by atoms with Crippen molar-refractivity contribution < 1.29 is 9.18 Å². The van der Waals surface area contributed by atoms with Gasteiger partial charge in [-0.05, 0) is 122 Å². The molecule has 36 heavy (non-hydrogen) atoms. The number of hydrogen-bond acceptors (Lipinski definition) is 1. The van der Waals surface area contributed by atoms with E-state index < -0.39 is 0 Å². The van der Waals surface area contributed by atoms with Crippen molar-refractivity contribution >= 4 is 5.91 Å². The third-order valence-electron chi connectivity index (χ3n) is 11.1. The summed E-state index contributed by atoms with van der Waals surface area (Å²) in [7, 11) is 0. The number of benzene rings is 1. The van der Waals surface area contributed by atoms with Crippen LogP contribution in [0, 0.1) is 52.7 Å². The second kappa shape index (κ2) is 12.4. The van der Waals surface area contributed by atoms with E-state index in [0.717, 1.165) is 42.1 Å². The predicted molar refractivity (Wildman–Crippen MR) is 148 cm³/mol. The van der Waals surface area contributed by atoms with E-state index in [-0.39, 0.29) is 11.7 Å². The van der Waals surface area contributed by atoms with Gasteiger partial charge in [-0.2, -0.15) is 0 Å². The van der Waals surface area contributed by atoms with E-state index in [9.17, 15) is 9.18 Å². The number of rotatable bonds is 6. The summed E-state index contributed by atoms with van der Waals surface area (Å²) in [5.74, 6) is 5.97. The van der Waals surface area contributed by atoms with Crippen molar-refractivity contribution in [3.63, 3.8) is 0 Å². The van der Waals surface area contributed by atoms with E-state index in [1.165, 1.54) is 95.6 Å². The number of carbonyl (C=O) groups is 1. The van der Waals surface area contributed by atoms with Gasteiger partial charge in [0.25, 0.3) is 5.91 Å². The monoisotopic (exact) mass is 497 g/mol. The topological polar surface area (TPSA) is 29.1 Å². The molecule has 8 atom stereocenters. The molecule has 0 spiro atoms. The third-order valence-corrected chi connectivity index (χ3v) is 11.1. The number of hydrogen-bond donors (Lipinski definition) is 1. The van der Waals surface area contributed by atoms with Crippen molar-refractivity contribution in [2.45, 2.75) is 111 Å². The van der Waals surface area contributed by atoms with Crippen molar-refractivity contribution in [2.24, 2.45) is 46.8 Å². The molecule has 0 saturated heterocycles. The van der Waals surface area contributed by atoms with Crippen LogP contribution < -0.4 is 5.32 Å². The quantitative estimate of drug-likeness (QED) is 0.417. The Morgan fingerprint density at radius 3 is 2.47 bits per heavy atom. The van der Waals surface area contributed by atoms with Gasteiger partial charge in [-0.3, -0.25) is 4.79 Å². The lowest BCUT2D eigenvalue weighted by molar-refractivity contribution is -0.109. The van der Waals surface area contributed by atoms with Crippen LogP contribution in [0.4, 0.5) is 4.39 Å². The van der Waals surface area contributed by atoms with E-state index in [0.29, 0.717) is 16.9 Å². The molecule has 1 N–H and O–H groups in total. The summed E-state index contributed by atoms with van der Waals surface area (Å²) in [6.45, 7) is 9.67. The molecule has 0 heterocycles. The number of halogens is 1. The Morgan fingerprint density at radius 1 is 0.972 bits per heavy atom. The molecule has 202 valence electrons. The first-order chi connectivity index (χ1) is 17.5. The molecule has 1 amide bonds. The molecule has 5 rings (SSSR count). The first-order valence-electron chi connectivity index (χ1n) is 15.5. The molecule has 0 aliphatic heterocycles. The van der Waals surface area contributed by atoms with E-state index in [1.807, 2.05) is 13.8 Å². The molecule has 4 aliphatic carbocycles. The van der Waals surface area contributed by atoms with Crippen LogP contribution in [0.2, 0.25) is 0 Å². The zero-order chi connectivity index (χ0) is 25.7. The van der Waals surface area contributed by atoms with E-state index in [4.69, 9.17) is 0 Å². The fourth-order valence-corrected chi connectivity index (χ4v) is 9.27. The van der Waals surface area contributed by atoms with Crippen molar-refractivity contribution in [2.75, 3.05) is 6.54 Å². The SMILES string of the molecule is CC.CCCCC1CCC2C(CCC3C2CCC2(C)C(CNC(=O)c4ccc(F)cc4)CCCC32)C1. The minimum Gasteiger partial charge on any atom is -0.352 e. The summed E-state index contributed by atoms with van der Waals surface area (Å²) in [4.78, 5) is 12.7. The molecule has 4 aliphatic rings. The number of unbranched alkanes of at least 4 members (excludes halogenated alkanes) is 1. The maximum atomic E-state index is 13.2. The molecule has 0 aromatic heterocycles. The van der Waals surface area contributed by atoms with Crippen LogP contribution >= 0.6 is 0 Å². The van der Waals surface area contributed by atoms with Gasteiger partial charge in [0, 0.05) is 12.1 Å². The summed E-state index contributed by atoms with van der Waals surface area (Å²) in [6.07, 6.45) is 18.4. The maximum absolute atomic E-state index is 13.2. The van der Waals surface area contributed by atoms with Crippen LogP contribution in [-0.4, -0.2) is 12.5 Å². The Balaban J connectivity index is 0.00000148. The van der Waals surface area contributed by atoms with Gasteiger partial charge >= 0.3 is 0 Å². The molecule has 4 saturated carbocycles. The average Bonchev–Trinajstić information content (AvgIpc) is 2.91. The van der Waals surface area contributed by atoms with Gasteiger partial charge in [0.15, 0.2) is 0 Å². The molecule has 0 radical (unpaired) electrons. The van der Waals surface area contributed by atoms with E-state index in [1.54, 1.807) is 12.1 Å². The predicted octanol–water partition coefficient (Wildman–Crippen LogP) is 9.05. The van der Waals surface area contributed by atoms with E-state index in [2.05, 4.69) is 19.2 Å². The second-order valence-corrected chi connectivity index (χ2v) is 12.6. The van der Waals surface area contributed by atoms with Gasteiger partial charge < -0.3 is 5.32 Å². The number of nitrogens with one attached hydrogen (secondary N) is 1. The van der Waals surface area contributed by atoms with Gasteiger partial charge in [-0.25, -0.2) is 4.39 Å². The molecule has 1 aromatic rings. The molecular weight excluding hydrogens is 445 g/mol. The first kappa shape index (κ1) is 27.6. The van der Waals surface area contributed by atoms with Gasteiger partial charge in [0.2, 0.25) is 0 Å². The molecule has 2 nitrogen and oxygen atoms in total. The van der Waals surface area contributed by atoms with Crippen molar-refractivity contribution in [1.82, 2.24) is 5.32 Å². The smallest absolute Gasteiger partial charge is 0.251 e. The molecular formula is C33H52FNO. The standard InChI is InChI=1S/C31H46FNO.C2H6/c1-3-4-6-21-9-15-26-23(19-21)12-16-28-27(26)17-18-31(2)24(7-5-8-29(28)31)20-33-30(34)22-10-13-25(32)14-11-22;1-2/h10-11,13-14,21,23-24,26-29H,3-9,12,15-20H2,1-2H3,(H,33,34);1-2H3. The van der Waals surface area contributed by atoms with Crippen LogP contribution in [0.25, 0.3) is 0 Å². The van der Waals surface area contributed by atoms with Crippen LogP contribution in [-0.2, 0) is 0 Å². The Bertz CT molecular complexity index is 837. The minimum absolute atomic E-state index is 0.0558. The Morgan fingerprint density at radius 2 is 1.72 bits per heavy atom. The molecule has 4 fully saturated rings. The zero-order valence-corrected chi connectivity index (χ0v) is 23.5.